The fourth-order valence-corrected chi connectivity index (χ4v) is 19.9. The first kappa shape index (κ1) is 45.5. The molecule has 0 saturated heterocycles. The lowest BCUT2D eigenvalue weighted by atomic mass is 10.1. The lowest BCUT2D eigenvalue weighted by molar-refractivity contribution is 1.15. The van der Waals surface area contributed by atoms with Gasteiger partial charge in [0.1, 0.15) is 0 Å². The molecular weight excluding hydrogens is 957 g/mol. The van der Waals surface area contributed by atoms with Crippen LogP contribution in [0, 0.1) is 0 Å². The van der Waals surface area contributed by atoms with Crippen LogP contribution in [0.3, 0.4) is 0 Å². The maximum atomic E-state index is 2.51. The first-order valence-corrected chi connectivity index (χ1v) is 29.2. The number of fused-ring (bicyclic) bond motifs is 6. The lowest BCUT2D eigenvalue weighted by Crippen LogP contribution is -2.06. The summed E-state index contributed by atoms with van der Waals surface area (Å²) in [6.07, 6.45) is 0. The van der Waals surface area contributed by atoms with Crippen molar-refractivity contribution in [1.29, 1.82) is 0 Å². The van der Waals surface area contributed by atoms with Crippen molar-refractivity contribution >= 4 is 63.7 Å². The van der Waals surface area contributed by atoms with E-state index in [1.165, 1.54) is 93.9 Å². The fraction of sp³-hybridized carbons (Fsp3) is 0. The Morgan fingerprint density at radius 2 is 0.592 bits per heavy atom. The molecule has 0 aliphatic carbocycles. The minimum absolute atomic E-state index is 1.13. The normalized spacial score (nSPS) is 12.4. The molecule has 0 spiro atoms. The van der Waals surface area contributed by atoms with Gasteiger partial charge < -0.3 is 9.13 Å². The number of para-hydroxylation sites is 2. The van der Waals surface area contributed by atoms with Crippen LogP contribution in [0.4, 0.5) is 0 Å². The SMILES string of the molecule is c1ccc(-c2cccc(S(c3ccccc3)(c3ccccc3)c3cccc4c3c3ccccc3n4-c3ccc4c(c3)c3ccccc3n4-c3ccc(S(c4ccccc4)(c4ccccc4)c4ccccc4)cc3)c2)cc1. The van der Waals surface area contributed by atoms with Gasteiger partial charge in [-0.2, -0.15) is 0 Å². The van der Waals surface area contributed by atoms with E-state index in [0.717, 1.165) is 11.4 Å². The van der Waals surface area contributed by atoms with Crippen LogP contribution in [-0.2, 0) is 0 Å². The molecule has 2 heterocycles. The summed E-state index contributed by atoms with van der Waals surface area (Å²) in [4.78, 5) is 10.4. The topological polar surface area (TPSA) is 9.86 Å². The van der Waals surface area contributed by atoms with Crippen LogP contribution in [0.2, 0.25) is 0 Å². The first-order chi connectivity index (χ1) is 37.7. The van der Waals surface area contributed by atoms with Crippen molar-refractivity contribution in [2.75, 3.05) is 0 Å². The molecule has 14 rings (SSSR count). The van der Waals surface area contributed by atoms with E-state index >= 15 is 0 Å². The second-order valence-electron chi connectivity index (χ2n) is 19.2. The Hall–Kier alpha value is -9.06. The van der Waals surface area contributed by atoms with E-state index in [1.54, 1.807) is 0 Å². The number of benzene rings is 12. The minimum Gasteiger partial charge on any atom is -0.309 e. The van der Waals surface area contributed by atoms with Crippen molar-refractivity contribution in [3.05, 3.63) is 315 Å². The van der Waals surface area contributed by atoms with Gasteiger partial charge in [-0.05, 0) is 151 Å². The Kier molecular flexibility index (Phi) is 11.4. The molecular formula is C72H52N2S2. The maximum Gasteiger partial charge on any atom is 0.0552 e. The Bertz CT molecular complexity index is 4230. The van der Waals surface area contributed by atoms with E-state index < -0.39 is 20.1 Å². The molecule has 0 saturated carbocycles. The molecule has 0 atom stereocenters. The van der Waals surface area contributed by atoms with E-state index in [4.69, 9.17) is 0 Å². The van der Waals surface area contributed by atoms with Crippen LogP contribution in [0.15, 0.2) is 355 Å². The highest BCUT2D eigenvalue weighted by Crippen LogP contribution is 2.76. The lowest BCUT2D eigenvalue weighted by Gasteiger charge is -2.42. The van der Waals surface area contributed by atoms with Gasteiger partial charge in [-0.25, -0.2) is 0 Å². The minimum atomic E-state index is -2.09. The molecule has 76 heavy (non-hydrogen) atoms. The van der Waals surface area contributed by atoms with Crippen LogP contribution in [-0.4, -0.2) is 9.13 Å². The summed E-state index contributed by atoms with van der Waals surface area (Å²) in [5.41, 5.74) is 9.38. The van der Waals surface area contributed by atoms with Crippen molar-refractivity contribution in [3.63, 3.8) is 0 Å². The van der Waals surface area contributed by atoms with Crippen molar-refractivity contribution in [3.8, 4) is 22.5 Å². The predicted molar refractivity (Wildman–Crippen MR) is 321 cm³/mol. The van der Waals surface area contributed by atoms with Gasteiger partial charge in [-0.15, -0.1) is 20.1 Å². The van der Waals surface area contributed by atoms with Gasteiger partial charge in [0.25, 0.3) is 0 Å². The van der Waals surface area contributed by atoms with E-state index in [-0.39, 0.29) is 0 Å². The van der Waals surface area contributed by atoms with Gasteiger partial charge in [0, 0.05) is 72.1 Å². The zero-order valence-corrected chi connectivity index (χ0v) is 43.4. The summed E-state index contributed by atoms with van der Waals surface area (Å²) in [5.74, 6) is 0. The zero-order valence-electron chi connectivity index (χ0n) is 41.7. The fourth-order valence-electron chi connectivity index (χ4n) is 11.9. The highest BCUT2D eigenvalue weighted by molar-refractivity contribution is 8.34. The summed E-state index contributed by atoms with van der Waals surface area (Å²) in [5, 5.41) is 4.94. The Labute approximate surface area is 447 Å². The third kappa shape index (κ3) is 7.21. The number of nitrogens with zero attached hydrogens (tertiary/aromatic N) is 2. The molecule has 0 unspecified atom stereocenters. The van der Waals surface area contributed by atoms with Crippen molar-refractivity contribution < 1.29 is 0 Å². The van der Waals surface area contributed by atoms with E-state index in [2.05, 4.69) is 325 Å². The smallest absolute Gasteiger partial charge is 0.0552 e. The van der Waals surface area contributed by atoms with Crippen LogP contribution in [0.1, 0.15) is 0 Å². The molecule has 362 valence electrons. The van der Waals surface area contributed by atoms with Gasteiger partial charge in [-0.3, -0.25) is 0 Å². The van der Waals surface area contributed by atoms with Crippen LogP contribution < -0.4 is 0 Å². The molecule has 2 aromatic heterocycles. The monoisotopic (exact) mass is 1010 g/mol. The highest BCUT2D eigenvalue weighted by atomic mass is 32.3. The molecule has 2 nitrogen and oxygen atoms in total. The maximum absolute atomic E-state index is 2.51. The number of aromatic nitrogens is 2. The molecule has 14 aromatic rings. The molecule has 0 aliphatic rings. The summed E-state index contributed by atoms with van der Waals surface area (Å²) in [6, 6.07) is 117. The summed E-state index contributed by atoms with van der Waals surface area (Å²) in [7, 11) is -3.93. The molecule has 0 aliphatic heterocycles. The molecule has 0 amide bonds. The summed E-state index contributed by atoms with van der Waals surface area (Å²) < 4.78 is 4.96. The second kappa shape index (κ2) is 19.0. The third-order valence-electron chi connectivity index (χ3n) is 15.1. The molecule has 0 N–H and O–H groups in total. The van der Waals surface area contributed by atoms with E-state index in [9.17, 15) is 0 Å². The molecule has 0 fully saturated rings. The Morgan fingerprint density at radius 1 is 0.211 bits per heavy atom. The van der Waals surface area contributed by atoms with Gasteiger partial charge >= 0.3 is 0 Å². The Morgan fingerprint density at radius 3 is 1.16 bits per heavy atom. The second-order valence-corrected chi connectivity index (χ2v) is 25.4. The average molecular weight is 1010 g/mol. The third-order valence-corrected chi connectivity index (χ3v) is 23.0. The molecule has 4 heteroatoms. The van der Waals surface area contributed by atoms with Gasteiger partial charge in [0.2, 0.25) is 0 Å². The van der Waals surface area contributed by atoms with Crippen LogP contribution in [0.5, 0.6) is 0 Å². The number of hydrogen-bond donors (Lipinski definition) is 0. The van der Waals surface area contributed by atoms with Crippen LogP contribution >= 0.6 is 20.1 Å². The summed E-state index contributed by atoms with van der Waals surface area (Å²) >= 11 is 0. The first-order valence-electron chi connectivity index (χ1n) is 26.0. The molecule has 0 radical (unpaired) electrons. The standard InChI is InChI=1S/C72H52N2S2/c1-7-25-53(26-8-1)54-27-23-38-63(51-54)76(60-34-15-5-16-35-60,61-36-17-6-18-37-61)71-44-24-43-70-72(71)65-40-20-22-42-68(65)74(70)56-47-50-69-66(52-56)64-39-19-21-41-67(64)73(69)55-45-48-62(49-46-55)75(57-28-9-2-10-29-57,58-30-11-3-12-31-58)59-32-13-4-14-33-59/h1-52H. The van der Waals surface area contributed by atoms with E-state index in [0.29, 0.717) is 0 Å². The molecule has 0 bridgehead atoms. The van der Waals surface area contributed by atoms with Crippen molar-refractivity contribution in [1.82, 2.24) is 9.13 Å². The number of hydrogen-bond acceptors (Lipinski definition) is 0. The van der Waals surface area contributed by atoms with Gasteiger partial charge in [0.15, 0.2) is 0 Å². The number of rotatable bonds is 11. The summed E-state index contributed by atoms with van der Waals surface area (Å²) in [6.45, 7) is 0. The van der Waals surface area contributed by atoms with Gasteiger partial charge in [-0.1, -0.05) is 176 Å². The Balaban J connectivity index is 0.972. The van der Waals surface area contributed by atoms with Crippen LogP contribution in [0.25, 0.3) is 66.1 Å². The van der Waals surface area contributed by atoms with E-state index in [1.807, 2.05) is 0 Å². The molecule has 12 aromatic carbocycles. The zero-order chi connectivity index (χ0) is 50.5. The van der Waals surface area contributed by atoms with Crippen molar-refractivity contribution in [2.45, 2.75) is 39.2 Å². The largest absolute Gasteiger partial charge is 0.309 e. The van der Waals surface area contributed by atoms with Crippen molar-refractivity contribution in [2.24, 2.45) is 0 Å². The average Bonchev–Trinajstić information content (AvgIpc) is 4.07. The highest BCUT2D eigenvalue weighted by Gasteiger charge is 2.37. The quantitative estimate of drug-likeness (QED) is 0.122. The van der Waals surface area contributed by atoms with Gasteiger partial charge in [0.05, 0.1) is 22.1 Å². The predicted octanol–water partition coefficient (Wildman–Crippen LogP) is 20.2.